The van der Waals surface area contributed by atoms with Crippen LogP contribution in [-0.2, 0) is 21.4 Å². The van der Waals surface area contributed by atoms with Crippen LogP contribution in [0.5, 0.6) is 0 Å². The van der Waals surface area contributed by atoms with Crippen molar-refractivity contribution in [3.05, 3.63) is 53.5 Å². The first kappa shape index (κ1) is 17.2. The quantitative estimate of drug-likeness (QED) is 0.648. The van der Waals surface area contributed by atoms with Crippen molar-refractivity contribution in [2.24, 2.45) is 0 Å². The fourth-order valence-electron chi connectivity index (χ4n) is 2.33. The highest BCUT2D eigenvalue weighted by Crippen LogP contribution is 2.26. The molecule has 0 aliphatic rings. The number of sulfonamides is 1. The Hall–Kier alpha value is -2.58. The Balaban J connectivity index is 1.74. The molecule has 2 heterocycles. The zero-order valence-corrected chi connectivity index (χ0v) is 14.8. The van der Waals surface area contributed by atoms with Crippen molar-refractivity contribution in [2.45, 2.75) is 18.6 Å². The van der Waals surface area contributed by atoms with Gasteiger partial charge in [-0.15, -0.1) is 0 Å². The molecule has 3 rings (SSSR count). The summed E-state index contributed by atoms with van der Waals surface area (Å²) in [5.74, 6) is -0.293. The molecule has 0 bridgehead atoms. The number of aryl methyl sites for hydroxylation is 1. The Morgan fingerprint density at radius 1 is 1.12 bits per heavy atom. The molecule has 2 aromatic heterocycles. The lowest BCUT2D eigenvalue weighted by molar-refractivity contribution is 0.0406. The van der Waals surface area contributed by atoms with Gasteiger partial charge in [-0.1, -0.05) is 18.2 Å². The normalized spacial score (nSPS) is 12.0. The van der Waals surface area contributed by atoms with Gasteiger partial charge in [-0.2, -0.15) is 0 Å². The van der Waals surface area contributed by atoms with E-state index in [1.165, 1.54) is 26.2 Å². The van der Waals surface area contributed by atoms with Crippen LogP contribution in [0.4, 0.5) is 0 Å². The van der Waals surface area contributed by atoms with E-state index in [2.05, 4.69) is 0 Å². The first-order valence-electron chi connectivity index (χ1n) is 7.47. The van der Waals surface area contributed by atoms with Crippen molar-refractivity contribution >= 4 is 27.0 Å². The Morgan fingerprint density at radius 3 is 2.52 bits per heavy atom. The van der Waals surface area contributed by atoms with Gasteiger partial charge in [0, 0.05) is 25.0 Å². The number of rotatable bonds is 5. The summed E-state index contributed by atoms with van der Waals surface area (Å²) < 4.78 is 40.9. The zero-order chi connectivity index (χ0) is 18.2. The molecule has 25 heavy (non-hydrogen) atoms. The molecule has 0 unspecified atom stereocenters. The van der Waals surface area contributed by atoms with Gasteiger partial charge in [0.25, 0.3) is 10.0 Å². The SMILES string of the molecule is Cc1c(C(=O)OCc2ccc(S(=O)(=O)N(C)C)o2)oc2ccccc12. The summed E-state index contributed by atoms with van der Waals surface area (Å²) >= 11 is 0. The molecule has 3 aromatic rings. The standard InChI is InChI=1S/C17H17NO6S/c1-11-13-6-4-5-7-14(13)24-16(11)17(19)22-10-12-8-9-15(23-12)25(20,21)18(2)3/h4-9H,10H2,1-3H3. The second-order valence-electron chi connectivity index (χ2n) is 5.64. The molecule has 0 N–H and O–H groups in total. The summed E-state index contributed by atoms with van der Waals surface area (Å²) in [6.07, 6.45) is 0. The number of carbonyl (C=O) groups is 1. The molecule has 8 heteroatoms. The van der Waals surface area contributed by atoms with Crippen LogP contribution in [0.25, 0.3) is 11.0 Å². The third-order valence-electron chi connectivity index (χ3n) is 3.75. The molecule has 0 saturated heterocycles. The summed E-state index contributed by atoms with van der Waals surface area (Å²) in [5, 5.41) is 0.635. The molecule has 0 aliphatic carbocycles. The van der Waals surface area contributed by atoms with E-state index in [4.69, 9.17) is 13.6 Å². The number of fused-ring (bicyclic) bond motifs is 1. The number of para-hydroxylation sites is 1. The van der Waals surface area contributed by atoms with E-state index in [1.807, 2.05) is 18.2 Å². The smallest absolute Gasteiger partial charge is 0.375 e. The predicted molar refractivity (Wildman–Crippen MR) is 89.7 cm³/mol. The first-order chi connectivity index (χ1) is 11.8. The fraction of sp³-hybridized carbons (Fsp3) is 0.235. The average Bonchev–Trinajstić information content (AvgIpc) is 3.18. The largest absolute Gasteiger partial charge is 0.452 e. The molecule has 0 spiro atoms. The van der Waals surface area contributed by atoms with E-state index in [0.29, 0.717) is 11.1 Å². The second kappa shape index (κ2) is 6.38. The third kappa shape index (κ3) is 3.18. The molecular formula is C17H17NO6S. The van der Waals surface area contributed by atoms with Gasteiger partial charge in [-0.25, -0.2) is 17.5 Å². The van der Waals surface area contributed by atoms with Gasteiger partial charge in [0.15, 0.2) is 0 Å². The summed E-state index contributed by atoms with van der Waals surface area (Å²) in [4.78, 5) is 12.2. The van der Waals surface area contributed by atoms with Crippen molar-refractivity contribution in [3.63, 3.8) is 0 Å². The lowest BCUT2D eigenvalue weighted by Gasteiger charge is -2.07. The molecule has 132 valence electrons. The van der Waals surface area contributed by atoms with Crippen LogP contribution in [0.3, 0.4) is 0 Å². The van der Waals surface area contributed by atoms with Crippen LogP contribution < -0.4 is 0 Å². The molecule has 1 aromatic carbocycles. The van der Waals surface area contributed by atoms with Gasteiger partial charge in [0.1, 0.15) is 18.0 Å². The number of nitrogens with zero attached hydrogens (tertiary/aromatic N) is 1. The van der Waals surface area contributed by atoms with Crippen molar-refractivity contribution in [1.29, 1.82) is 0 Å². The highest BCUT2D eigenvalue weighted by atomic mass is 32.2. The lowest BCUT2D eigenvalue weighted by Crippen LogP contribution is -2.21. The summed E-state index contributed by atoms with van der Waals surface area (Å²) in [6.45, 7) is 1.58. The lowest BCUT2D eigenvalue weighted by atomic mass is 10.1. The Kier molecular flexibility index (Phi) is 4.40. The molecule has 0 radical (unpaired) electrons. The molecular weight excluding hydrogens is 346 g/mol. The van der Waals surface area contributed by atoms with Gasteiger partial charge >= 0.3 is 5.97 Å². The molecule has 0 saturated carbocycles. The maximum Gasteiger partial charge on any atom is 0.375 e. The van der Waals surface area contributed by atoms with Crippen molar-refractivity contribution < 1.29 is 26.8 Å². The van der Waals surface area contributed by atoms with Crippen molar-refractivity contribution in [2.75, 3.05) is 14.1 Å². The van der Waals surface area contributed by atoms with Crippen LogP contribution in [0.2, 0.25) is 0 Å². The number of carbonyl (C=O) groups excluding carboxylic acids is 1. The Morgan fingerprint density at radius 2 is 1.84 bits per heavy atom. The maximum atomic E-state index is 12.2. The number of ether oxygens (including phenoxy) is 1. The Labute approximate surface area is 144 Å². The van der Waals surface area contributed by atoms with E-state index in [1.54, 1.807) is 13.0 Å². The van der Waals surface area contributed by atoms with E-state index >= 15 is 0 Å². The van der Waals surface area contributed by atoms with E-state index in [9.17, 15) is 13.2 Å². The zero-order valence-electron chi connectivity index (χ0n) is 14.0. The van der Waals surface area contributed by atoms with E-state index in [0.717, 1.165) is 9.69 Å². The van der Waals surface area contributed by atoms with E-state index in [-0.39, 0.29) is 23.2 Å². The predicted octanol–water partition coefficient (Wildman–Crippen LogP) is 2.94. The minimum atomic E-state index is -3.66. The van der Waals surface area contributed by atoms with Gasteiger partial charge in [0.05, 0.1) is 0 Å². The van der Waals surface area contributed by atoms with Crippen LogP contribution in [0, 0.1) is 6.92 Å². The molecule has 0 fully saturated rings. The van der Waals surface area contributed by atoms with Crippen LogP contribution in [-0.4, -0.2) is 32.8 Å². The average molecular weight is 363 g/mol. The number of hydrogen-bond acceptors (Lipinski definition) is 6. The van der Waals surface area contributed by atoms with Crippen LogP contribution in [0.15, 0.2) is 50.3 Å². The minimum absolute atomic E-state index is 0.119. The molecule has 7 nitrogen and oxygen atoms in total. The summed E-state index contributed by atoms with van der Waals surface area (Å²) in [5.41, 5.74) is 1.29. The summed E-state index contributed by atoms with van der Waals surface area (Å²) in [7, 11) is -0.854. The van der Waals surface area contributed by atoms with Gasteiger partial charge in [-0.05, 0) is 25.1 Å². The Bertz CT molecular complexity index is 1030. The van der Waals surface area contributed by atoms with Crippen molar-refractivity contribution in [1.82, 2.24) is 4.31 Å². The topological polar surface area (TPSA) is 90.0 Å². The van der Waals surface area contributed by atoms with Crippen molar-refractivity contribution in [3.8, 4) is 0 Å². The van der Waals surface area contributed by atoms with Gasteiger partial charge in [-0.3, -0.25) is 0 Å². The van der Waals surface area contributed by atoms with Crippen LogP contribution >= 0.6 is 0 Å². The fourth-order valence-corrected chi connectivity index (χ4v) is 3.14. The summed E-state index contributed by atoms with van der Waals surface area (Å²) in [6, 6.07) is 10.1. The number of benzene rings is 1. The van der Waals surface area contributed by atoms with Crippen LogP contribution in [0.1, 0.15) is 21.9 Å². The third-order valence-corrected chi connectivity index (χ3v) is 5.44. The molecule has 0 amide bonds. The van der Waals surface area contributed by atoms with Gasteiger partial charge < -0.3 is 13.6 Å². The monoisotopic (exact) mass is 363 g/mol. The number of hydrogen-bond donors (Lipinski definition) is 0. The second-order valence-corrected chi connectivity index (χ2v) is 7.72. The van der Waals surface area contributed by atoms with Gasteiger partial charge in [0.2, 0.25) is 10.9 Å². The number of furan rings is 2. The number of esters is 1. The first-order valence-corrected chi connectivity index (χ1v) is 8.91. The molecule has 0 aliphatic heterocycles. The highest BCUT2D eigenvalue weighted by molar-refractivity contribution is 7.88. The highest BCUT2D eigenvalue weighted by Gasteiger charge is 2.23. The molecule has 0 atom stereocenters. The van der Waals surface area contributed by atoms with E-state index < -0.39 is 16.0 Å². The minimum Gasteiger partial charge on any atom is -0.452 e. The maximum absolute atomic E-state index is 12.2.